The van der Waals surface area contributed by atoms with Gasteiger partial charge in [-0.3, -0.25) is 4.98 Å². The monoisotopic (exact) mass is 314 g/mol. The number of hydrogen-bond acceptors (Lipinski definition) is 4. The number of carbonyl (C=O) groups is 1. The topological polar surface area (TPSA) is 85.4 Å². The molecule has 3 N–H and O–H groups in total. The van der Waals surface area contributed by atoms with Crippen LogP contribution in [0.25, 0.3) is 10.9 Å². The summed E-state index contributed by atoms with van der Waals surface area (Å²) in [5, 5.41) is 9.99. The third-order valence-corrected chi connectivity index (χ3v) is 4.66. The first kappa shape index (κ1) is 15.6. The highest BCUT2D eigenvalue weighted by Crippen LogP contribution is 2.35. The Morgan fingerprint density at radius 2 is 2.00 bits per heavy atom. The fourth-order valence-electron chi connectivity index (χ4n) is 3.33. The lowest BCUT2D eigenvalue weighted by Crippen LogP contribution is -2.23. The molecule has 0 radical (unpaired) electrons. The molecule has 0 aliphatic heterocycles. The molecule has 1 fully saturated rings. The van der Waals surface area contributed by atoms with E-state index in [1.54, 1.807) is 6.92 Å². The van der Waals surface area contributed by atoms with Crippen molar-refractivity contribution in [2.45, 2.75) is 45.6 Å². The van der Waals surface area contributed by atoms with Gasteiger partial charge < -0.3 is 15.6 Å². The molecule has 0 atom stereocenters. The lowest BCUT2D eigenvalue weighted by molar-refractivity contribution is 0.0697. The zero-order chi connectivity index (χ0) is 16.6. The maximum Gasteiger partial charge on any atom is 0.339 e. The van der Waals surface area contributed by atoms with Gasteiger partial charge in [0.1, 0.15) is 11.3 Å². The van der Waals surface area contributed by atoms with Crippen molar-refractivity contribution in [3.05, 3.63) is 29.5 Å². The number of aromatic nitrogens is 1. The van der Waals surface area contributed by atoms with E-state index in [-0.39, 0.29) is 17.4 Å². The van der Waals surface area contributed by atoms with Crippen LogP contribution < -0.4 is 10.5 Å². The lowest BCUT2D eigenvalue weighted by Gasteiger charge is -2.27. The van der Waals surface area contributed by atoms with E-state index in [0.717, 1.165) is 31.6 Å². The van der Waals surface area contributed by atoms with Gasteiger partial charge in [0.15, 0.2) is 0 Å². The first-order valence-electron chi connectivity index (χ1n) is 8.06. The molecule has 2 aromatic rings. The number of nitrogen functional groups attached to an aromatic ring is 1. The van der Waals surface area contributed by atoms with Gasteiger partial charge in [0.25, 0.3) is 0 Å². The minimum atomic E-state index is -1.06. The number of pyridine rings is 1. The lowest BCUT2D eigenvalue weighted by atomic mass is 9.89. The van der Waals surface area contributed by atoms with Gasteiger partial charge in [0, 0.05) is 0 Å². The molecule has 1 aromatic carbocycles. The maximum atomic E-state index is 11.5. The van der Waals surface area contributed by atoms with Crippen LogP contribution in [0, 0.1) is 12.8 Å². The van der Waals surface area contributed by atoms with Crippen LogP contribution >= 0.6 is 0 Å². The molecule has 0 bridgehead atoms. The Bertz CT molecular complexity index is 750. The second-order valence-corrected chi connectivity index (χ2v) is 6.44. The van der Waals surface area contributed by atoms with Gasteiger partial charge in [-0.1, -0.05) is 13.0 Å². The highest BCUT2D eigenvalue weighted by atomic mass is 16.5. The Balaban J connectivity index is 2.03. The molecule has 23 heavy (non-hydrogen) atoms. The molecule has 122 valence electrons. The number of nitrogens with two attached hydrogens (primary N) is 1. The van der Waals surface area contributed by atoms with E-state index in [1.807, 2.05) is 18.2 Å². The Kier molecular flexibility index (Phi) is 4.11. The summed E-state index contributed by atoms with van der Waals surface area (Å²) in [5.41, 5.74) is 7.54. The summed E-state index contributed by atoms with van der Waals surface area (Å²) in [7, 11) is 0. The van der Waals surface area contributed by atoms with Gasteiger partial charge >= 0.3 is 5.97 Å². The zero-order valence-electron chi connectivity index (χ0n) is 13.5. The van der Waals surface area contributed by atoms with Crippen LogP contribution in [0.4, 0.5) is 5.69 Å². The molecule has 1 saturated carbocycles. The van der Waals surface area contributed by atoms with Gasteiger partial charge in [0.2, 0.25) is 0 Å². The number of hydrogen-bond donors (Lipinski definition) is 2. The molecular weight excluding hydrogens is 292 g/mol. The van der Waals surface area contributed by atoms with Crippen molar-refractivity contribution in [1.82, 2.24) is 4.98 Å². The molecule has 1 heterocycles. The minimum absolute atomic E-state index is 0.0609. The Labute approximate surface area is 135 Å². The first-order valence-corrected chi connectivity index (χ1v) is 8.06. The van der Waals surface area contributed by atoms with Crippen LogP contribution in [0.1, 0.15) is 48.7 Å². The fourth-order valence-corrected chi connectivity index (χ4v) is 3.33. The van der Waals surface area contributed by atoms with Crippen LogP contribution in [0.15, 0.2) is 18.2 Å². The van der Waals surface area contributed by atoms with Gasteiger partial charge in [-0.05, 0) is 50.7 Å². The summed E-state index contributed by atoms with van der Waals surface area (Å²) < 4.78 is 6.16. The molecule has 5 heteroatoms. The average Bonchev–Trinajstić information content (AvgIpc) is 2.49. The van der Waals surface area contributed by atoms with Crippen molar-refractivity contribution < 1.29 is 14.6 Å². The van der Waals surface area contributed by atoms with Crippen molar-refractivity contribution in [3.8, 4) is 5.75 Å². The summed E-state index contributed by atoms with van der Waals surface area (Å²) in [5.74, 6) is 0.320. The first-order chi connectivity index (χ1) is 11.0. The van der Waals surface area contributed by atoms with Gasteiger partial charge in [-0.25, -0.2) is 4.79 Å². The van der Waals surface area contributed by atoms with E-state index in [0.29, 0.717) is 22.3 Å². The number of benzene rings is 1. The summed E-state index contributed by atoms with van der Waals surface area (Å²) >= 11 is 0. The van der Waals surface area contributed by atoms with E-state index < -0.39 is 5.97 Å². The summed E-state index contributed by atoms with van der Waals surface area (Å²) in [6.45, 7) is 3.92. The predicted molar refractivity (Wildman–Crippen MR) is 89.9 cm³/mol. The van der Waals surface area contributed by atoms with Crippen molar-refractivity contribution in [2.75, 3.05) is 5.73 Å². The molecule has 0 unspecified atom stereocenters. The third-order valence-electron chi connectivity index (χ3n) is 4.66. The molecule has 1 aromatic heterocycles. The van der Waals surface area contributed by atoms with Crippen LogP contribution in [-0.4, -0.2) is 22.2 Å². The number of carboxylic acid groups (broad SMARTS) is 1. The van der Waals surface area contributed by atoms with Crippen molar-refractivity contribution in [1.29, 1.82) is 0 Å². The van der Waals surface area contributed by atoms with E-state index >= 15 is 0 Å². The highest BCUT2D eigenvalue weighted by molar-refractivity contribution is 6.06. The van der Waals surface area contributed by atoms with Crippen molar-refractivity contribution in [2.24, 2.45) is 5.92 Å². The number of rotatable bonds is 3. The minimum Gasteiger partial charge on any atom is -0.490 e. The molecule has 5 nitrogen and oxygen atoms in total. The van der Waals surface area contributed by atoms with Crippen LogP contribution in [0.2, 0.25) is 0 Å². The van der Waals surface area contributed by atoms with Crippen molar-refractivity contribution in [3.63, 3.8) is 0 Å². The van der Waals surface area contributed by atoms with Gasteiger partial charge in [0.05, 0.1) is 28.4 Å². The Morgan fingerprint density at radius 1 is 1.30 bits per heavy atom. The zero-order valence-corrected chi connectivity index (χ0v) is 13.5. The van der Waals surface area contributed by atoms with E-state index in [1.165, 1.54) is 0 Å². The summed E-state index contributed by atoms with van der Waals surface area (Å²) in [6.07, 6.45) is 4.50. The number of aromatic carboxylic acids is 1. The average molecular weight is 314 g/mol. The number of nitrogens with zero attached hydrogens (tertiary/aromatic N) is 1. The predicted octanol–water partition coefficient (Wildman–Crippen LogP) is 3.78. The summed E-state index contributed by atoms with van der Waals surface area (Å²) in [4.78, 5) is 15.8. The van der Waals surface area contributed by atoms with Gasteiger partial charge in [-0.15, -0.1) is 0 Å². The quantitative estimate of drug-likeness (QED) is 0.900. The highest BCUT2D eigenvalue weighted by Gasteiger charge is 2.23. The number of anilines is 1. The smallest absolute Gasteiger partial charge is 0.339 e. The molecule has 0 saturated heterocycles. The number of aryl methyl sites for hydroxylation is 1. The summed E-state index contributed by atoms with van der Waals surface area (Å²) in [6, 6.07) is 5.55. The number of ether oxygens (including phenoxy) is 1. The van der Waals surface area contributed by atoms with E-state index in [4.69, 9.17) is 10.5 Å². The van der Waals surface area contributed by atoms with E-state index in [2.05, 4.69) is 11.9 Å². The molecule has 3 rings (SSSR count). The maximum absolute atomic E-state index is 11.5. The van der Waals surface area contributed by atoms with Crippen LogP contribution in [-0.2, 0) is 0 Å². The standard InChI is InChI=1S/C18H22N2O3/c1-10-6-8-12(9-7-10)23-14-5-3-4-13-16(14)17(19)15(18(21)22)11(2)20-13/h3-5,10,12H,6-9H2,1-2H3,(H2,19,20)(H,21,22)/t10-,12-. The number of carboxylic acids is 1. The largest absolute Gasteiger partial charge is 0.490 e. The van der Waals surface area contributed by atoms with Crippen LogP contribution in [0.5, 0.6) is 5.75 Å². The molecule has 0 spiro atoms. The Hall–Kier alpha value is -2.30. The number of fused-ring (bicyclic) bond motifs is 1. The van der Waals surface area contributed by atoms with E-state index in [9.17, 15) is 9.90 Å². The normalized spacial score (nSPS) is 21.3. The molecular formula is C18H22N2O3. The Morgan fingerprint density at radius 3 is 2.65 bits per heavy atom. The van der Waals surface area contributed by atoms with Crippen molar-refractivity contribution >= 4 is 22.6 Å². The third kappa shape index (κ3) is 2.96. The molecule has 0 amide bonds. The van der Waals surface area contributed by atoms with Gasteiger partial charge in [-0.2, -0.15) is 0 Å². The SMILES string of the molecule is Cc1nc2cccc(O[C@H]3CC[C@H](C)CC3)c2c(N)c1C(=O)O. The second kappa shape index (κ2) is 6.07. The molecule has 1 aliphatic rings. The molecule has 1 aliphatic carbocycles. The van der Waals surface area contributed by atoms with Crippen LogP contribution in [0.3, 0.4) is 0 Å². The second-order valence-electron chi connectivity index (χ2n) is 6.44. The fraction of sp³-hybridized carbons (Fsp3) is 0.444.